The number of para-hydroxylation sites is 1. The van der Waals surface area contributed by atoms with E-state index in [0.29, 0.717) is 17.6 Å². The van der Waals surface area contributed by atoms with Crippen LogP contribution in [-0.2, 0) is 14.3 Å². The van der Waals surface area contributed by atoms with Crippen molar-refractivity contribution in [3.05, 3.63) is 46.8 Å². The van der Waals surface area contributed by atoms with Gasteiger partial charge in [-0.3, -0.25) is 4.79 Å². The van der Waals surface area contributed by atoms with E-state index >= 15 is 0 Å². The SMILES string of the molecule is CCOC(=O)C1=C(C)[N+](C(=O)O)(C(C)(C)C)C(C=O)=C1c1ccccc1OC. The first-order valence-electron chi connectivity index (χ1n) is 8.94. The number of ether oxygens (including phenoxy) is 2. The Morgan fingerprint density at radius 1 is 1.21 bits per heavy atom. The van der Waals surface area contributed by atoms with Crippen LogP contribution >= 0.6 is 0 Å². The molecule has 1 unspecified atom stereocenters. The lowest BCUT2D eigenvalue weighted by Crippen LogP contribution is -2.60. The Bertz CT molecular complexity index is 890. The number of rotatable bonds is 5. The Hall–Kier alpha value is -2.93. The fourth-order valence-electron chi connectivity index (χ4n) is 3.94. The van der Waals surface area contributed by atoms with Gasteiger partial charge in [0.15, 0.2) is 5.70 Å². The largest absolute Gasteiger partial charge is 0.524 e. The van der Waals surface area contributed by atoms with Crippen molar-refractivity contribution in [2.24, 2.45) is 0 Å². The quantitative estimate of drug-likeness (QED) is 0.469. The van der Waals surface area contributed by atoms with Crippen molar-refractivity contribution in [3.8, 4) is 5.75 Å². The van der Waals surface area contributed by atoms with Crippen molar-refractivity contribution in [2.45, 2.75) is 40.2 Å². The number of hydrogen-bond donors (Lipinski definition) is 1. The molecule has 1 aromatic rings. The summed E-state index contributed by atoms with van der Waals surface area (Å²) in [7, 11) is 1.47. The molecular weight excluding hydrogens is 362 g/mol. The molecule has 0 aliphatic carbocycles. The van der Waals surface area contributed by atoms with Crippen LogP contribution in [0.25, 0.3) is 5.57 Å². The lowest BCUT2D eigenvalue weighted by atomic mass is 9.96. The maximum absolute atomic E-state index is 12.9. The molecule has 0 fully saturated rings. The van der Waals surface area contributed by atoms with Crippen LogP contribution in [-0.4, -0.2) is 47.2 Å². The van der Waals surface area contributed by atoms with Crippen LogP contribution in [0.4, 0.5) is 4.79 Å². The fourth-order valence-corrected chi connectivity index (χ4v) is 3.94. The van der Waals surface area contributed by atoms with E-state index in [9.17, 15) is 19.5 Å². The normalized spacial score (nSPS) is 19.6. The van der Waals surface area contributed by atoms with Crippen LogP contribution in [0.3, 0.4) is 0 Å². The van der Waals surface area contributed by atoms with Gasteiger partial charge >= 0.3 is 12.1 Å². The van der Waals surface area contributed by atoms with Gasteiger partial charge in [-0.15, -0.1) is 0 Å². The van der Waals surface area contributed by atoms with E-state index in [-0.39, 0.29) is 29.1 Å². The van der Waals surface area contributed by atoms with E-state index in [2.05, 4.69) is 0 Å². The summed E-state index contributed by atoms with van der Waals surface area (Å²) >= 11 is 0. The smallest absolute Gasteiger partial charge is 0.496 e. The summed E-state index contributed by atoms with van der Waals surface area (Å²) < 4.78 is 9.82. The molecule has 1 N–H and O–H groups in total. The molecule has 7 nitrogen and oxygen atoms in total. The summed E-state index contributed by atoms with van der Waals surface area (Å²) in [5.41, 5.74) is -0.00812. The molecule has 1 aliphatic rings. The molecule has 0 aromatic heterocycles. The van der Waals surface area contributed by atoms with Gasteiger partial charge in [0.25, 0.3) is 0 Å². The van der Waals surface area contributed by atoms with Crippen molar-refractivity contribution in [2.75, 3.05) is 13.7 Å². The van der Waals surface area contributed by atoms with Gasteiger partial charge in [-0.1, -0.05) is 18.2 Å². The summed E-state index contributed by atoms with van der Waals surface area (Å²) in [6.45, 7) is 8.47. The lowest BCUT2D eigenvalue weighted by molar-refractivity contribution is -0.823. The topological polar surface area (TPSA) is 89.9 Å². The summed E-state index contributed by atoms with van der Waals surface area (Å²) in [5.74, 6) is -0.253. The molecule has 7 heteroatoms. The van der Waals surface area contributed by atoms with E-state index in [1.54, 1.807) is 58.9 Å². The summed E-state index contributed by atoms with van der Waals surface area (Å²) in [6.07, 6.45) is -0.740. The van der Waals surface area contributed by atoms with Crippen molar-refractivity contribution < 1.29 is 33.4 Å². The number of hydrogen-bond acceptors (Lipinski definition) is 5. The number of benzene rings is 1. The van der Waals surface area contributed by atoms with E-state index in [1.807, 2.05) is 0 Å². The number of carboxylic acid groups (broad SMARTS) is 1. The predicted octanol–water partition coefficient (Wildman–Crippen LogP) is 3.75. The van der Waals surface area contributed by atoms with Gasteiger partial charge in [-0.2, -0.15) is 9.28 Å². The third-order valence-electron chi connectivity index (χ3n) is 4.99. The molecule has 28 heavy (non-hydrogen) atoms. The zero-order chi connectivity index (χ0) is 21.3. The number of allylic oxidation sites excluding steroid dienone is 2. The second kappa shape index (κ2) is 7.59. The number of carbonyl (C=O) groups is 3. The number of nitrogens with zero attached hydrogens (tertiary/aromatic N) is 1. The molecule has 1 aromatic carbocycles. The highest BCUT2D eigenvalue weighted by molar-refractivity contribution is 6.13. The third-order valence-corrected chi connectivity index (χ3v) is 4.99. The molecule has 0 spiro atoms. The zero-order valence-electron chi connectivity index (χ0n) is 17.0. The van der Waals surface area contributed by atoms with E-state index in [4.69, 9.17) is 9.47 Å². The van der Waals surface area contributed by atoms with Crippen LogP contribution in [0.15, 0.2) is 41.2 Å². The molecule has 150 valence electrons. The number of methoxy groups -OCH3 is 1. The van der Waals surface area contributed by atoms with Gasteiger partial charge in [0.1, 0.15) is 22.6 Å². The summed E-state index contributed by atoms with van der Waals surface area (Å²) in [5, 5.41) is 10.3. The Kier molecular flexibility index (Phi) is 5.80. The minimum Gasteiger partial charge on any atom is -0.496 e. The van der Waals surface area contributed by atoms with Gasteiger partial charge in [0.2, 0.25) is 6.29 Å². The van der Waals surface area contributed by atoms with Gasteiger partial charge in [-0.25, -0.2) is 4.79 Å². The number of esters is 1. The van der Waals surface area contributed by atoms with E-state index in [1.165, 1.54) is 7.11 Å². The standard InChI is InChI=1S/C21H25NO6/c1-7-28-19(24)17-13(2)22(20(25)26,21(3,4)5)15(12-23)18(17)14-10-8-9-11-16(14)27-6/h8-12H,7H2,1-6H3/p+1. The summed E-state index contributed by atoms with van der Waals surface area (Å²) in [6, 6.07) is 6.86. The highest BCUT2D eigenvalue weighted by atomic mass is 16.5. The Morgan fingerprint density at radius 2 is 1.82 bits per heavy atom. The molecule has 1 aliphatic heterocycles. The zero-order valence-corrected chi connectivity index (χ0v) is 17.0. The summed E-state index contributed by atoms with van der Waals surface area (Å²) in [4.78, 5) is 37.7. The van der Waals surface area contributed by atoms with Crippen molar-refractivity contribution in [1.82, 2.24) is 0 Å². The van der Waals surface area contributed by atoms with Crippen LogP contribution in [0.2, 0.25) is 0 Å². The average molecular weight is 388 g/mol. The minimum absolute atomic E-state index is 0.0370. The Balaban J connectivity index is 3.06. The first-order chi connectivity index (χ1) is 13.1. The molecule has 1 amide bonds. The average Bonchev–Trinajstić information content (AvgIpc) is 2.90. The molecule has 0 radical (unpaired) electrons. The predicted molar refractivity (Wildman–Crippen MR) is 103 cm³/mol. The number of quaternary nitrogens is 1. The van der Waals surface area contributed by atoms with Gasteiger partial charge in [0, 0.05) is 12.5 Å². The maximum atomic E-state index is 12.9. The van der Waals surface area contributed by atoms with Gasteiger partial charge < -0.3 is 14.6 Å². The first kappa shape index (κ1) is 21.4. The number of aldehydes is 1. The molecule has 1 heterocycles. The monoisotopic (exact) mass is 388 g/mol. The van der Waals surface area contributed by atoms with E-state index in [0.717, 1.165) is 0 Å². The first-order valence-corrected chi connectivity index (χ1v) is 8.94. The molecule has 0 saturated carbocycles. The second-order valence-electron chi connectivity index (χ2n) is 7.38. The molecule has 1 atom stereocenters. The highest BCUT2D eigenvalue weighted by Gasteiger charge is 2.61. The highest BCUT2D eigenvalue weighted by Crippen LogP contribution is 2.50. The van der Waals surface area contributed by atoms with Gasteiger partial charge in [0.05, 0.1) is 19.3 Å². The van der Waals surface area contributed by atoms with Crippen LogP contribution in [0.1, 0.15) is 40.2 Å². The minimum atomic E-state index is -1.25. The van der Waals surface area contributed by atoms with Crippen LogP contribution in [0, 0.1) is 0 Å². The van der Waals surface area contributed by atoms with Crippen LogP contribution in [0.5, 0.6) is 5.75 Å². The molecule has 0 saturated heterocycles. The van der Waals surface area contributed by atoms with Crippen molar-refractivity contribution in [1.29, 1.82) is 0 Å². The number of amides is 1. The molecule has 2 rings (SSSR count). The maximum Gasteiger partial charge on any atom is 0.524 e. The molecular formula is C21H26NO6+. The van der Waals surface area contributed by atoms with Crippen LogP contribution < -0.4 is 4.74 Å². The lowest BCUT2D eigenvalue weighted by Gasteiger charge is -2.40. The van der Waals surface area contributed by atoms with Crippen molar-refractivity contribution in [3.63, 3.8) is 0 Å². The Morgan fingerprint density at radius 3 is 2.29 bits per heavy atom. The fraction of sp³-hybridized carbons (Fsp3) is 0.381. The van der Waals surface area contributed by atoms with Gasteiger partial charge in [-0.05, 0) is 33.8 Å². The van der Waals surface area contributed by atoms with Crippen molar-refractivity contribution >= 4 is 23.9 Å². The third kappa shape index (κ3) is 2.92. The Labute approximate surface area is 164 Å². The van der Waals surface area contributed by atoms with E-state index < -0.39 is 22.1 Å². The second-order valence-corrected chi connectivity index (χ2v) is 7.38. The molecule has 0 bridgehead atoms. The number of carbonyl (C=O) groups excluding carboxylic acids is 2.